The maximum atomic E-state index is 9.47. The third kappa shape index (κ3) is 2.76. The van der Waals surface area contributed by atoms with Crippen LogP contribution in [0.3, 0.4) is 0 Å². The normalized spacial score (nSPS) is 10.3. The number of phenolic OH excluding ortho intramolecular Hbond substituents is 1. The fraction of sp³-hybridized carbons (Fsp3) is 0.143. The van der Waals surface area contributed by atoms with E-state index in [-0.39, 0.29) is 5.75 Å². The number of halogens is 1. The van der Waals surface area contributed by atoms with E-state index in [1.807, 2.05) is 37.4 Å². The summed E-state index contributed by atoms with van der Waals surface area (Å²) >= 11 is 3.49. The van der Waals surface area contributed by atoms with Crippen LogP contribution in [0.25, 0.3) is 0 Å². The van der Waals surface area contributed by atoms with Crippen LogP contribution in [0, 0.1) is 0 Å². The van der Waals surface area contributed by atoms with Crippen LogP contribution in [0.4, 0.5) is 11.4 Å². The second kappa shape index (κ2) is 5.31. The molecular weight excluding hydrogens is 292 g/mol. The largest absolute Gasteiger partial charge is 0.508 e. The lowest BCUT2D eigenvalue weighted by molar-refractivity contribution is 0.475. The van der Waals surface area contributed by atoms with Crippen LogP contribution in [-0.4, -0.2) is 12.2 Å². The van der Waals surface area contributed by atoms with Gasteiger partial charge in [-0.25, -0.2) is 0 Å². The summed E-state index contributed by atoms with van der Waals surface area (Å²) in [6, 6.07) is 13.0. The van der Waals surface area contributed by atoms with E-state index in [9.17, 15) is 5.11 Å². The molecule has 0 aliphatic rings. The molecule has 2 aromatic carbocycles. The van der Waals surface area contributed by atoms with Gasteiger partial charge >= 0.3 is 0 Å². The Hall–Kier alpha value is -1.68. The zero-order valence-electron chi connectivity index (χ0n) is 10.1. The van der Waals surface area contributed by atoms with Gasteiger partial charge in [-0.1, -0.05) is 18.2 Å². The smallest absolute Gasteiger partial charge is 0.117 e. The zero-order valence-corrected chi connectivity index (χ0v) is 11.7. The molecule has 0 aromatic heterocycles. The van der Waals surface area contributed by atoms with Crippen LogP contribution in [-0.2, 0) is 6.54 Å². The Kier molecular flexibility index (Phi) is 3.77. The first kappa shape index (κ1) is 12.8. The topological polar surface area (TPSA) is 49.5 Å². The van der Waals surface area contributed by atoms with Crippen molar-refractivity contribution in [3.05, 3.63) is 52.5 Å². The Morgan fingerprint density at radius 3 is 2.67 bits per heavy atom. The molecule has 0 spiro atoms. The van der Waals surface area contributed by atoms with Crippen molar-refractivity contribution in [3.63, 3.8) is 0 Å². The predicted molar refractivity (Wildman–Crippen MR) is 78.8 cm³/mol. The van der Waals surface area contributed by atoms with Crippen LogP contribution < -0.4 is 10.6 Å². The minimum Gasteiger partial charge on any atom is -0.508 e. The minimum absolute atomic E-state index is 0.269. The number of benzene rings is 2. The number of rotatable bonds is 3. The number of phenols is 1. The van der Waals surface area contributed by atoms with Gasteiger partial charge in [-0.05, 0) is 39.7 Å². The number of aromatic hydroxyl groups is 1. The highest BCUT2D eigenvalue weighted by Gasteiger charge is 2.07. The molecule has 0 aliphatic heterocycles. The molecule has 0 atom stereocenters. The fourth-order valence-corrected chi connectivity index (χ4v) is 2.19. The van der Waals surface area contributed by atoms with Crippen LogP contribution in [0.5, 0.6) is 5.75 Å². The van der Waals surface area contributed by atoms with E-state index in [1.54, 1.807) is 12.1 Å². The van der Waals surface area contributed by atoms with Gasteiger partial charge in [0.1, 0.15) is 5.75 Å². The van der Waals surface area contributed by atoms with E-state index in [2.05, 4.69) is 20.8 Å². The van der Waals surface area contributed by atoms with Crippen LogP contribution in [0.15, 0.2) is 46.9 Å². The molecule has 0 heterocycles. The van der Waals surface area contributed by atoms with Gasteiger partial charge in [0.05, 0.1) is 0 Å². The van der Waals surface area contributed by atoms with E-state index in [1.165, 1.54) is 0 Å². The Balaban J connectivity index is 2.21. The van der Waals surface area contributed by atoms with E-state index < -0.39 is 0 Å². The maximum absolute atomic E-state index is 9.47. The van der Waals surface area contributed by atoms with Gasteiger partial charge in [0.15, 0.2) is 0 Å². The standard InChI is InChI=1S/C14H15BrN2O/c1-17(11-5-3-6-12(18)8-11)9-10-4-2-7-13(16)14(10)15/h2-8,18H,9,16H2,1H3. The highest BCUT2D eigenvalue weighted by Crippen LogP contribution is 2.27. The molecule has 0 bridgehead atoms. The summed E-state index contributed by atoms with van der Waals surface area (Å²) in [5.74, 6) is 0.269. The van der Waals surface area contributed by atoms with Crippen molar-refractivity contribution < 1.29 is 5.11 Å². The van der Waals surface area contributed by atoms with Crippen molar-refractivity contribution in [2.45, 2.75) is 6.54 Å². The SMILES string of the molecule is CN(Cc1cccc(N)c1Br)c1cccc(O)c1. The molecule has 0 amide bonds. The summed E-state index contributed by atoms with van der Waals surface area (Å²) in [5, 5.41) is 9.47. The second-order valence-electron chi connectivity index (χ2n) is 4.20. The highest BCUT2D eigenvalue weighted by atomic mass is 79.9. The lowest BCUT2D eigenvalue weighted by Gasteiger charge is -2.20. The summed E-state index contributed by atoms with van der Waals surface area (Å²) in [6.07, 6.45) is 0. The Morgan fingerprint density at radius 2 is 1.94 bits per heavy atom. The molecule has 4 heteroatoms. The monoisotopic (exact) mass is 306 g/mol. The van der Waals surface area contributed by atoms with Crippen molar-refractivity contribution >= 4 is 27.3 Å². The second-order valence-corrected chi connectivity index (χ2v) is 4.99. The average molecular weight is 307 g/mol. The summed E-state index contributed by atoms with van der Waals surface area (Å²) in [5.41, 5.74) is 8.66. The third-order valence-corrected chi connectivity index (χ3v) is 3.75. The molecule has 0 unspecified atom stereocenters. The zero-order chi connectivity index (χ0) is 13.1. The van der Waals surface area contributed by atoms with Crippen molar-refractivity contribution in [2.24, 2.45) is 0 Å². The third-order valence-electron chi connectivity index (χ3n) is 2.79. The van der Waals surface area contributed by atoms with Gasteiger partial charge in [0.2, 0.25) is 0 Å². The van der Waals surface area contributed by atoms with Gasteiger partial charge in [0.25, 0.3) is 0 Å². The number of nitrogens with zero attached hydrogens (tertiary/aromatic N) is 1. The molecule has 0 radical (unpaired) electrons. The number of nitrogen functional groups attached to an aromatic ring is 1. The molecule has 18 heavy (non-hydrogen) atoms. The first-order valence-electron chi connectivity index (χ1n) is 5.61. The average Bonchev–Trinajstić information content (AvgIpc) is 2.35. The van der Waals surface area contributed by atoms with Gasteiger partial charge in [-0.2, -0.15) is 0 Å². The number of nitrogens with two attached hydrogens (primary N) is 1. The Morgan fingerprint density at radius 1 is 1.22 bits per heavy atom. The molecule has 2 rings (SSSR count). The molecule has 3 N–H and O–H groups in total. The van der Waals surface area contributed by atoms with Crippen molar-refractivity contribution in [1.82, 2.24) is 0 Å². The van der Waals surface area contributed by atoms with Gasteiger partial charge < -0.3 is 15.7 Å². The molecule has 94 valence electrons. The van der Waals surface area contributed by atoms with Crippen LogP contribution in [0.1, 0.15) is 5.56 Å². The quantitative estimate of drug-likeness (QED) is 0.855. The Bertz CT molecular complexity index is 557. The van der Waals surface area contributed by atoms with Gasteiger partial charge in [-0.3, -0.25) is 0 Å². The number of hydrogen-bond acceptors (Lipinski definition) is 3. The van der Waals surface area contributed by atoms with Gasteiger partial charge in [0, 0.05) is 35.5 Å². The van der Waals surface area contributed by atoms with E-state index in [0.29, 0.717) is 0 Å². The van der Waals surface area contributed by atoms with Crippen LogP contribution in [0.2, 0.25) is 0 Å². The molecule has 0 aliphatic carbocycles. The summed E-state index contributed by atoms with van der Waals surface area (Å²) < 4.78 is 0.928. The molecular formula is C14H15BrN2O. The lowest BCUT2D eigenvalue weighted by atomic mass is 10.2. The molecule has 0 fully saturated rings. The summed E-state index contributed by atoms with van der Waals surface area (Å²) in [7, 11) is 1.98. The van der Waals surface area contributed by atoms with Crippen molar-refractivity contribution in [1.29, 1.82) is 0 Å². The Labute approximate surface area is 115 Å². The van der Waals surface area contributed by atoms with Crippen LogP contribution >= 0.6 is 15.9 Å². The van der Waals surface area contributed by atoms with E-state index in [4.69, 9.17) is 5.73 Å². The maximum Gasteiger partial charge on any atom is 0.117 e. The summed E-state index contributed by atoms with van der Waals surface area (Å²) in [6.45, 7) is 0.717. The first-order chi connectivity index (χ1) is 8.58. The van der Waals surface area contributed by atoms with Gasteiger partial charge in [-0.15, -0.1) is 0 Å². The van der Waals surface area contributed by atoms with E-state index in [0.717, 1.165) is 28.0 Å². The number of anilines is 2. The lowest BCUT2D eigenvalue weighted by Crippen LogP contribution is -2.16. The molecule has 3 nitrogen and oxygen atoms in total. The van der Waals surface area contributed by atoms with Crippen molar-refractivity contribution in [3.8, 4) is 5.75 Å². The predicted octanol–water partition coefficient (Wildman–Crippen LogP) is 3.37. The fourth-order valence-electron chi connectivity index (χ4n) is 1.80. The molecule has 0 saturated heterocycles. The first-order valence-corrected chi connectivity index (χ1v) is 6.40. The molecule has 0 saturated carbocycles. The summed E-state index contributed by atoms with van der Waals surface area (Å²) in [4.78, 5) is 2.05. The van der Waals surface area contributed by atoms with E-state index >= 15 is 0 Å². The number of hydrogen-bond donors (Lipinski definition) is 2. The molecule has 2 aromatic rings. The minimum atomic E-state index is 0.269. The van der Waals surface area contributed by atoms with Crippen molar-refractivity contribution in [2.75, 3.05) is 17.7 Å². The highest BCUT2D eigenvalue weighted by molar-refractivity contribution is 9.10.